The lowest BCUT2D eigenvalue weighted by molar-refractivity contribution is 0.254. The third-order valence-corrected chi connectivity index (χ3v) is 2.65. The van der Waals surface area contributed by atoms with Crippen LogP contribution in [0.1, 0.15) is 31.4 Å². The number of oxazole rings is 1. The molecule has 0 saturated carbocycles. The third kappa shape index (κ3) is 2.48. The van der Waals surface area contributed by atoms with Gasteiger partial charge in [-0.3, -0.25) is 4.90 Å². The van der Waals surface area contributed by atoms with Crippen molar-refractivity contribution in [2.45, 2.75) is 32.2 Å². The summed E-state index contributed by atoms with van der Waals surface area (Å²) in [5.41, 5.74) is 5.42. The lowest BCUT2D eigenvalue weighted by Crippen LogP contribution is -2.23. The summed E-state index contributed by atoms with van der Waals surface area (Å²) in [7, 11) is 0. The molecule has 0 aromatic carbocycles. The molecule has 0 radical (unpaired) electrons. The van der Waals surface area contributed by atoms with E-state index < -0.39 is 0 Å². The van der Waals surface area contributed by atoms with E-state index in [4.69, 9.17) is 10.2 Å². The molecule has 0 atom stereocenters. The molecule has 0 bridgehead atoms. The summed E-state index contributed by atoms with van der Waals surface area (Å²) in [6, 6.07) is 0.273. The van der Waals surface area contributed by atoms with Gasteiger partial charge in [-0.05, 0) is 25.9 Å². The molecule has 14 heavy (non-hydrogen) atoms. The Morgan fingerprint density at radius 1 is 1.29 bits per heavy atom. The van der Waals surface area contributed by atoms with Crippen molar-refractivity contribution in [1.82, 2.24) is 9.88 Å². The molecular weight excluding hydrogens is 178 g/mol. The number of nitrogen functional groups attached to an aromatic ring is 1. The smallest absolute Gasteiger partial charge is 0.292 e. The minimum absolute atomic E-state index is 0.273. The number of nitrogens with two attached hydrogens (primary N) is 1. The Kier molecular flexibility index (Phi) is 3.03. The lowest BCUT2D eigenvalue weighted by atomic mass is 10.2. The maximum absolute atomic E-state index is 5.42. The zero-order valence-electron chi connectivity index (χ0n) is 8.41. The van der Waals surface area contributed by atoms with E-state index in [2.05, 4.69) is 9.88 Å². The van der Waals surface area contributed by atoms with Gasteiger partial charge in [-0.2, -0.15) is 0 Å². The van der Waals surface area contributed by atoms with Gasteiger partial charge in [0.1, 0.15) is 5.76 Å². The number of likely N-dealkylation sites (tertiary alicyclic amines) is 1. The lowest BCUT2D eigenvalue weighted by Gasteiger charge is -2.17. The average molecular weight is 195 g/mol. The highest BCUT2D eigenvalue weighted by molar-refractivity contribution is 5.10. The first-order chi connectivity index (χ1) is 6.84. The van der Waals surface area contributed by atoms with Crippen LogP contribution in [0.3, 0.4) is 0 Å². The van der Waals surface area contributed by atoms with Crippen LogP contribution in [0.5, 0.6) is 0 Å². The van der Waals surface area contributed by atoms with Gasteiger partial charge in [-0.1, -0.05) is 12.8 Å². The van der Waals surface area contributed by atoms with Crippen molar-refractivity contribution in [3.63, 3.8) is 0 Å². The van der Waals surface area contributed by atoms with E-state index in [1.807, 2.05) is 0 Å². The van der Waals surface area contributed by atoms with Crippen molar-refractivity contribution in [2.75, 3.05) is 18.8 Å². The molecule has 1 aromatic rings. The molecule has 2 N–H and O–H groups in total. The van der Waals surface area contributed by atoms with Crippen LogP contribution < -0.4 is 5.73 Å². The molecule has 1 aliphatic heterocycles. The summed E-state index contributed by atoms with van der Waals surface area (Å²) in [5.74, 6) is 0.879. The van der Waals surface area contributed by atoms with Gasteiger partial charge < -0.3 is 10.2 Å². The van der Waals surface area contributed by atoms with Crippen LogP contribution in [0.25, 0.3) is 0 Å². The summed E-state index contributed by atoms with van der Waals surface area (Å²) in [5, 5.41) is 0. The molecular formula is C10H17N3O. The molecule has 0 amide bonds. The van der Waals surface area contributed by atoms with Crippen molar-refractivity contribution in [1.29, 1.82) is 0 Å². The number of anilines is 1. The molecule has 1 aliphatic rings. The highest BCUT2D eigenvalue weighted by Crippen LogP contribution is 2.14. The Bertz CT molecular complexity index is 277. The summed E-state index contributed by atoms with van der Waals surface area (Å²) in [6.45, 7) is 3.19. The van der Waals surface area contributed by atoms with E-state index in [1.54, 1.807) is 6.20 Å². The third-order valence-electron chi connectivity index (χ3n) is 2.65. The van der Waals surface area contributed by atoms with Crippen LogP contribution in [0, 0.1) is 0 Å². The van der Waals surface area contributed by atoms with Gasteiger partial charge >= 0.3 is 0 Å². The maximum atomic E-state index is 5.42. The zero-order chi connectivity index (χ0) is 9.80. The molecule has 1 saturated heterocycles. The van der Waals surface area contributed by atoms with E-state index in [-0.39, 0.29) is 6.01 Å². The number of hydrogen-bond acceptors (Lipinski definition) is 4. The average Bonchev–Trinajstić information content (AvgIpc) is 2.43. The van der Waals surface area contributed by atoms with Crippen LogP contribution in [-0.4, -0.2) is 23.0 Å². The van der Waals surface area contributed by atoms with E-state index in [0.717, 1.165) is 12.3 Å². The molecule has 0 spiro atoms. The number of nitrogens with zero attached hydrogens (tertiary/aromatic N) is 2. The second-order valence-electron chi connectivity index (χ2n) is 3.86. The van der Waals surface area contributed by atoms with Gasteiger partial charge in [-0.15, -0.1) is 0 Å². The van der Waals surface area contributed by atoms with E-state index >= 15 is 0 Å². The Balaban J connectivity index is 1.89. The maximum Gasteiger partial charge on any atom is 0.292 e. The number of hydrogen-bond donors (Lipinski definition) is 1. The first kappa shape index (κ1) is 9.52. The summed E-state index contributed by atoms with van der Waals surface area (Å²) in [6.07, 6.45) is 7.03. The fourth-order valence-electron chi connectivity index (χ4n) is 1.91. The van der Waals surface area contributed by atoms with Crippen molar-refractivity contribution in [3.05, 3.63) is 12.0 Å². The van der Waals surface area contributed by atoms with Crippen molar-refractivity contribution in [2.24, 2.45) is 0 Å². The van der Waals surface area contributed by atoms with E-state index in [0.29, 0.717) is 0 Å². The zero-order valence-corrected chi connectivity index (χ0v) is 8.41. The first-order valence-corrected chi connectivity index (χ1v) is 5.27. The fourth-order valence-corrected chi connectivity index (χ4v) is 1.91. The van der Waals surface area contributed by atoms with Crippen LogP contribution in [0.2, 0.25) is 0 Å². The number of aromatic nitrogens is 1. The minimum Gasteiger partial charge on any atom is -0.428 e. The summed E-state index contributed by atoms with van der Waals surface area (Å²) in [4.78, 5) is 6.30. The number of rotatable bonds is 2. The second-order valence-corrected chi connectivity index (χ2v) is 3.86. The second kappa shape index (κ2) is 4.46. The van der Waals surface area contributed by atoms with Gasteiger partial charge in [0.25, 0.3) is 6.01 Å². The SMILES string of the molecule is Nc1ncc(CN2CCCCCC2)o1. The van der Waals surface area contributed by atoms with Gasteiger partial charge in [0.15, 0.2) is 0 Å². The van der Waals surface area contributed by atoms with Crippen LogP contribution in [0.15, 0.2) is 10.6 Å². The quantitative estimate of drug-likeness (QED) is 0.779. The first-order valence-electron chi connectivity index (χ1n) is 5.27. The minimum atomic E-state index is 0.273. The molecule has 78 valence electrons. The topological polar surface area (TPSA) is 55.3 Å². The molecule has 4 nitrogen and oxygen atoms in total. The van der Waals surface area contributed by atoms with Crippen LogP contribution in [-0.2, 0) is 6.54 Å². The predicted molar refractivity (Wildman–Crippen MR) is 54.7 cm³/mol. The molecule has 1 fully saturated rings. The molecule has 4 heteroatoms. The highest BCUT2D eigenvalue weighted by atomic mass is 16.4. The normalized spacial score (nSPS) is 19.4. The molecule has 2 rings (SSSR count). The Labute approximate surface area is 84.1 Å². The Morgan fingerprint density at radius 2 is 2.00 bits per heavy atom. The monoisotopic (exact) mass is 195 g/mol. The fraction of sp³-hybridized carbons (Fsp3) is 0.700. The van der Waals surface area contributed by atoms with Crippen molar-refractivity contribution in [3.8, 4) is 0 Å². The Morgan fingerprint density at radius 3 is 2.57 bits per heavy atom. The van der Waals surface area contributed by atoms with Gasteiger partial charge in [0.2, 0.25) is 0 Å². The van der Waals surface area contributed by atoms with Crippen molar-refractivity contribution >= 4 is 6.01 Å². The summed E-state index contributed by atoms with van der Waals surface area (Å²) >= 11 is 0. The highest BCUT2D eigenvalue weighted by Gasteiger charge is 2.11. The standard InChI is InChI=1S/C10H17N3O/c11-10-12-7-9(14-10)8-13-5-3-1-2-4-6-13/h7H,1-6,8H2,(H2,11,12). The predicted octanol–water partition coefficient (Wildman–Crippen LogP) is 1.63. The van der Waals surface area contributed by atoms with Crippen molar-refractivity contribution < 1.29 is 4.42 Å². The van der Waals surface area contributed by atoms with Gasteiger partial charge in [-0.25, -0.2) is 4.98 Å². The Hall–Kier alpha value is -1.03. The molecule has 1 aromatic heterocycles. The van der Waals surface area contributed by atoms with Crippen LogP contribution in [0.4, 0.5) is 6.01 Å². The molecule has 0 aliphatic carbocycles. The van der Waals surface area contributed by atoms with Gasteiger partial charge in [0, 0.05) is 0 Å². The van der Waals surface area contributed by atoms with Crippen LogP contribution >= 0.6 is 0 Å². The largest absolute Gasteiger partial charge is 0.428 e. The molecule has 0 unspecified atom stereocenters. The van der Waals surface area contributed by atoms with Gasteiger partial charge in [0.05, 0.1) is 12.7 Å². The molecule has 2 heterocycles. The summed E-state index contributed by atoms with van der Waals surface area (Å²) < 4.78 is 5.25. The van der Waals surface area contributed by atoms with E-state index in [1.165, 1.54) is 38.8 Å². The van der Waals surface area contributed by atoms with E-state index in [9.17, 15) is 0 Å².